The Labute approximate surface area is 179 Å². The summed E-state index contributed by atoms with van der Waals surface area (Å²) in [7, 11) is 4.40. The molecule has 1 heterocycles. The van der Waals surface area contributed by atoms with Gasteiger partial charge in [0.15, 0.2) is 0 Å². The molecule has 1 unspecified atom stereocenters. The summed E-state index contributed by atoms with van der Waals surface area (Å²) in [5, 5.41) is 11.7. The van der Waals surface area contributed by atoms with Crippen LogP contribution in [0.15, 0.2) is 48.0 Å². The van der Waals surface area contributed by atoms with Crippen LogP contribution in [0.5, 0.6) is 11.5 Å². The summed E-state index contributed by atoms with van der Waals surface area (Å²) in [5.41, 5.74) is 0.776. The van der Waals surface area contributed by atoms with Crippen LogP contribution in [0.3, 0.4) is 0 Å². The highest BCUT2D eigenvalue weighted by Crippen LogP contribution is 2.43. The Kier molecular flexibility index (Phi) is 6.64. The van der Waals surface area contributed by atoms with E-state index < -0.39 is 17.7 Å². The van der Waals surface area contributed by atoms with E-state index in [1.807, 2.05) is 0 Å². The number of hydrogen-bond donors (Lipinski definition) is 1. The number of Topliss-reactive ketones (excluding diaryl/α,β-unsaturated/α-hetero) is 1. The van der Waals surface area contributed by atoms with Gasteiger partial charge in [-0.15, -0.1) is 0 Å². The Balaban J connectivity index is 2.25. The molecule has 0 saturated carbocycles. The van der Waals surface area contributed by atoms with Crippen LogP contribution in [-0.2, 0) is 14.3 Å². The predicted molar refractivity (Wildman–Crippen MR) is 112 cm³/mol. The lowest BCUT2D eigenvalue weighted by atomic mass is 9.94. The number of halogens is 1. The number of aliphatic hydroxyl groups is 1. The van der Waals surface area contributed by atoms with Gasteiger partial charge in [-0.05, 0) is 29.8 Å². The summed E-state index contributed by atoms with van der Waals surface area (Å²) in [6, 6.07) is 10.9. The molecule has 1 aliphatic heterocycles. The fourth-order valence-corrected chi connectivity index (χ4v) is 3.64. The summed E-state index contributed by atoms with van der Waals surface area (Å²) in [6.45, 7) is 0.406. The molecule has 158 valence electrons. The van der Waals surface area contributed by atoms with Crippen LogP contribution in [0.2, 0.25) is 5.02 Å². The van der Waals surface area contributed by atoms with Gasteiger partial charge in [-0.25, -0.2) is 0 Å². The molecule has 3 rings (SSSR count). The molecule has 0 bridgehead atoms. The van der Waals surface area contributed by atoms with Crippen molar-refractivity contribution in [1.82, 2.24) is 4.90 Å². The lowest BCUT2D eigenvalue weighted by molar-refractivity contribution is -0.140. The van der Waals surface area contributed by atoms with E-state index in [-0.39, 0.29) is 30.0 Å². The van der Waals surface area contributed by atoms with E-state index in [1.54, 1.807) is 42.5 Å². The smallest absolute Gasteiger partial charge is 0.295 e. The van der Waals surface area contributed by atoms with E-state index in [0.717, 1.165) is 0 Å². The lowest BCUT2D eigenvalue weighted by Crippen LogP contribution is -2.32. The van der Waals surface area contributed by atoms with Crippen LogP contribution in [0.1, 0.15) is 17.2 Å². The minimum absolute atomic E-state index is 0.0544. The first-order valence-electron chi connectivity index (χ1n) is 9.18. The molecular weight excluding hydrogens is 410 g/mol. The zero-order chi connectivity index (χ0) is 21.8. The summed E-state index contributed by atoms with van der Waals surface area (Å²) >= 11 is 6.01. The van der Waals surface area contributed by atoms with Gasteiger partial charge in [0, 0.05) is 18.7 Å². The average molecular weight is 432 g/mol. The fourth-order valence-electron chi connectivity index (χ4n) is 3.51. The second-order valence-corrected chi connectivity index (χ2v) is 7.01. The highest BCUT2D eigenvalue weighted by atomic mass is 35.5. The van der Waals surface area contributed by atoms with Crippen LogP contribution >= 0.6 is 11.6 Å². The number of benzene rings is 2. The zero-order valence-electron chi connectivity index (χ0n) is 16.8. The average Bonchev–Trinajstić information content (AvgIpc) is 3.01. The van der Waals surface area contributed by atoms with Gasteiger partial charge in [0.05, 0.1) is 32.4 Å². The normalized spacial score (nSPS) is 18.0. The maximum Gasteiger partial charge on any atom is 0.295 e. The van der Waals surface area contributed by atoms with E-state index >= 15 is 0 Å². The van der Waals surface area contributed by atoms with Crippen molar-refractivity contribution < 1.29 is 28.9 Å². The number of carbonyl (C=O) groups excluding carboxylic acids is 2. The molecule has 0 radical (unpaired) electrons. The molecule has 2 aromatic carbocycles. The van der Waals surface area contributed by atoms with Crippen molar-refractivity contribution in [1.29, 1.82) is 0 Å². The van der Waals surface area contributed by atoms with Gasteiger partial charge in [0.1, 0.15) is 22.8 Å². The van der Waals surface area contributed by atoms with Crippen LogP contribution in [-0.4, -0.2) is 56.2 Å². The van der Waals surface area contributed by atoms with Crippen LogP contribution in [0.25, 0.3) is 5.76 Å². The van der Waals surface area contributed by atoms with E-state index in [2.05, 4.69) is 0 Å². The molecule has 1 aliphatic rings. The van der Waals surface area contributed by atoms with Crippen LogP contribution < -0.4 is 9.47 Å². The van der Waals surface area contributed by atoms with Crippen molar-refractivity contribution in [2.45, 2.75) is 6.04 Å². The van der Waals surface area contributed by atoms with E-state index in [4.69, 9.17) is 25.8 Å². The van der Waals surface area contributed by atoms with E-state index in [1.165, 1.54) is 26.2 Å². The fraction of sp³-hybridized carbons (Fsp3) is 0.273. The number of methoxy groups -OCH3 is 3. The predicted octanol–water partition coefficient (Wildman–Crippen LogP) is 3.43. The molecule has 30 heavy (non-hydrogen) atoms. The minimum Gasteiger partial charge on any atom is -0.506 e. The Morgan fingerprint density at radius 1 is 1.03 bits per heavy atom. The van der Waals surface area contributed by atoms with Crippen LogP contribution in [0, 0.1) is 0 Å². The highest BCUT2D eigenvalue weighted by Gasteiger charge is 2.46. The number of amides is 1. The molecule has 1 fully saturated rings. The second-order valence-electron chi connectivity index (χ2n) is 6.57. The van der Waals surface area contributed by atoms with E-state index in [9.17, 15) is 14.7 Å². The molecule has 2 aromatic rings. The molecular formula is C22H22ClNO6. The monoisotopic (exact) mass is 431 g/mol. The maximum absolute atomic E-state index is 13.0. The molecule has 1 atom stereocenters. The van der Waals surface area contributed by atoms with Crippen molar-refractivity contribution in [3.05, 3.63) is 64.2 Å². The molecule has 0 aliphatic carbocycles. The first-order valence-corrected chi connectivity index (χ1v) is 9.56. The van der Waals surface area contributed by atoms with Gasteiger partial charge in [-0.1, -0.05) is 29.8 Å². The Hall–Kier alpha value is -3.03. The number of carbonyl (C=O) groups is 2. The van der Waals surface area contributed by atoms with Crippen molar-refractivity contribution in [2.75, 3.05) is 34.5 Å². The number of ether oxygens (including phenoxy) is 3. The Morgan fingerprint density at radius 2 is 1.63 bits per heavy atom. The van der Waals surface area contributed by atoms with Crippen molar-refractivity contribution >= 4 is 29.1 Å². The number of likely N-dealkylation sites (tertiary alicyclic amines) is 1. The first kappa shape index (κ1) is 21.7. The van der Waals surface area contributed by atoms with Crippen LogP contribution in [0.4, 0.5) is 0 Å². The Morgan fingerprint density at radius 3 is 2.17 bits per heavy atom. The highest BCUT2D eigenvalue weighted by molar-refractivity contribution is 6.46. The van der Waals surface area contributed by atoms with Gasteiger partial charge in [-0.2, -0.15) is 0 Å². The summed E-state index contributed by atoms with van der Waals surface area (Å²) in [5.74, 6) is -1.27. The third-order valence-electron chi connectivity index (χ3n) is 4.93. The van der Waals surface area contributed by atoms with Gasteiger partial charge in [-0.3, -0.25) is 9.59 Å². The minimum atomic E-state index is -0.813. The topological polar surface area (TPSA) is 85.3 Å². The third-order valence-corrected chi connectivity index (χ3v) is 5.18. The van der Waals surface area contributed by atoms with Gasteiger partial charge < -0.3 is 24.2 Å². The molecule has 1 amide bonds. The maximum atomic E-state index is 13.0. The quantitative estimate of drug-likeness (QED) is 0.410. The van der Waals surface area contributed by atoms with E-state index in [0.29, 0.717) is 22.1 Å². The van der Waals surface area contributed by atoms with Crippen molar-refractivity contribution in [2.24, 2.45) is 0 Å². The van der Waals surface area contributed by atoms with Gasteiger partial charge in [0.2, 0.25) is 0 Å². The number of hydrogen-bond acceptors (Lipinski definition) is 6. The molecule has 1 N–H and O–H groups in total. The third kappa shape index (κ3) is 3.86. The number of aliphatic hydroxyl groups excluding tert-OH is 1. The molecule has 0 aromatic heterocycles. The molecule has 7 nitrogen and oxygen atoms in total. The van der Waals surface area contributed by atoms with Gasteiger partial charge in [0.25, 0.3) is 11.7 Å². The summed E-state index contributed by atoms with van der Waals surface area (Å²) < 4.78 is 15.8. The summed E-state index contributed by atoms with van der Waals surface area (Å²) in [6.07, 6.45) is 0. The zero-order valence-corrected chi connectivity index (χ0v) is 17.6. The standard InChI is InChI=1S/C22H22ClNO6/c1-28-12-11-24-19(13-7-9-14(23)10-8-13)18(21(26)22(24)27)20(25)17-15(29-2)5-4-6-16(17)30-3/h4-10,19,25H,11-12H2,1-3H3/b20-18+. The number of nitrogens with zero attached hydrogens (tertiary/aromatic N) is 1. The number of ketones is 1. The SMILES string of the molecule is COCCN1C(=O)C(=O)/C(=C(/O)c2c(OC)cccc2OC)C1c1ccc(Cl)cc1. The van der Waals surface area contributed by atoms with Crippen molar-refractivity contribution in [3.8, 4) is 11.5 Å². The van der Waals surface area contributed by atoms with Crippen molar-refractivity contribution in [3.63, 3.8) is 0 Å². The second kappa shape index (κ2) is 9.19. The van der Waals surface area contributed by atoms with Gasteiger partial charge >= 0.3 is 0 Å². The Bertz CT molecular complexity index is 963. The number of rotatable bonds is 7. The lowest BCUT2D eigenvalue weighted by Gasteiger charge is -2.25. The largest absolute Gasteiger partial charge is 0.506 e. The summed E-state index contributed by atoms with van der Waals surface area (Å²) in [4.78, 5) is 27.2. The molecule has 8 heteroatoms. The molecule has 0 spiro atoms. The first-order chi connectivity index (χ1) is 14.4. The molecule has 1 saturated heterocycles.